The SMILES string of the molecule is COc1ccc2c(c1)nc(N)n2-c1ccc(Br)cc1C. The Hall–Kier alpha value is -2.01. The molecule has 102 valence electrons. The molecule has 0 spiro atoms. The van der Waals surface area contributed by atoms with Crippen molar-refractivity contribution in [1.82, 2.24) is 9.55 Å². The highest BCUT2D eigenvalue weighted by atomic mass is 79.9. The summed E-state index contributed by atoms with van der Waals surface area (Å²) in [5, 5.41) is 0. The fourth-order valence-electron chi connectivity index (χ4n) is 2.33. The fourth-order valence-corrected chi connectivity index (χ4v) is 2.80. The van der Waals surface area contributed by atoms with Gasteiger partial charge in [-0.15, -0.1) is 0 Å². The number of rotatable bonds is 2. The number of imidazole rings is 1. The van der Waals surface area contributed by atoms with Crippen LogP contribution in [0.2, 0.25) is 0 Å². The number of aryl methyl sites for hydroxylation is 1. The average Bonchev–Trinajstić information content (AvgIpc) is 2.74. The lowest BCUT2D eigenvalue weighted by Gasteiger charge is -2.10. The van der Waals surface area contributed by atoms with E-state index in [9.17, 15) is 0 Å². The molecular formula is C15H14BrN3O. The number of fused-ring (bicyclic) bond motifs is 1. The van der Waals surface area contributed by atoms with Gasteiger partial charge in [-0.2, -0.15) is 0 Å². The minimum absolute atomic E-state index is 0.471. The molecule has 1 heterocycles. The molecule has 3 aromatic rings. The first kappa shape index (κ1) is 13.0. The van der Waals surface area contributed by atoms with E-state index < -0.39 is 0 Å². The van der Waals surface area contributed by atoms with E-state index in [4.69, 9.17) is 10.5 Å². The molecule has 5 heteroatoms. The number of halogens is 1. The third kappa shape index (κ3) is 2.04. The van der Waals surface area contributed by atoms with E-state index in [2.05, 4.69) is 33.9 Å². The number of ether oxygens (including phenoxy) is 1. The number of anilines is 1. The second-order valence-electron chi connectivity index (χ2n) is 4.59. The molecule has 3 rings (SSSR count). The van der Waals surface area contributed by atoms with Crippen molar-refractivity contribution < 1.29 is 4.74 Å². The quantitative estimate of drug-likeness (QED) is 0.779. The van der Waals surface area contributed by atoms with Gasteiger partial charge in [0, 0.05) is 10.5 Å². The van der Waals surface area contributed by atoms with Crippen LogP contribution in [-0.4, -0.2) is 16.7 Å². The number of nitrogens with zero attached hydrogens (tertiary/aromatic N) is 2. The molecule has 0 amide bonds. The molecule has 0 bridgehead atoms. The summed E-state index contributed by atoms with van der Waals surface area (Å²) in [4.78, 5) is 4.41. The fraction of sp³-hybridized carbons (Fsp3) is 0.133. The topological polar surface area (TPSA) is 53.1 Å². The maximum Gasteiger partial charge on any atom is 0.205 e. The highest BCUT2D eigenvalue weighted by Crippen LogP contribution is 2.28. The minimum atomic E-state index is 0.471. The molecule has 0 aliphatic rings. The average molecular weight is 332 g/mol. The predicted octanol–water partition coefficient (Wildman–Crippen LogP) is 3.69. The molecule has 0 radical (unpaired) electrons. The Balaban J connectivity index is 2.27. The molecule has 2 aromatic carbocycles. The number of aromatic nitrogens is 2. The van der Waals surface area contributed by atoms with Gasteiger partial charge in [0.15, 0.2) is 0 Å². The zero-order valence-corrected chi connectivity index (χ0v) is 12.8. The summed E-state index contributed by atoms with van der Waals surface area (Å²) in [6.45, 7) is 2.05. The Kier molecular flexibility index (Phi) is 3.14. The molecule has 0 saturated heterocycles. The lowest BCUT2D eigenvalue weighted by Crippen LogP contribution is -2.02. The van der Waals surface area contributed by atoms with Crippen molar-refractivity contribution in [3.63, 3.8) is 0 Å². The number of hydrogen-bond acceptors (Lipinski definition) is 3. The van der Waals surface area contributed by atoms with E-state index in [-0.39, 0.29) is 0 Å². The molecule has 0 fully saturated rings. The summed E-state index contributed by atoms with van der Waals surface area (Å²) in [6, 6.07) is 11.9. The molecule has 4 nitrogen and oxygen atoms in total. The van der Waals surface area contributed by atoms with Crippen LogP contribution in [0, 0.1) is 6.92 Å². The standard InChI is InChI=1S/C15H14BrN3O/c1-9-7-10(16)3-5-13(9)19-14-6-4-11(20-2)8-12(14)18-15(19)17/h3-8H,1-2H3,(H2,17,18). The van der Waals surface area contributed by atoms with E-state index in [1.165, 1.54) is 0 Å². The maximum atomic E-state index is 6.08. The van der Waals surface area contributed by atoms with Gasteiger partial charge in [-0.25, -0.2) is 4.98 Å². The first-order chi connectivity index (χ1) is 9.60. The zero-order chi connectivity index (χ0) is 14.3. The van der Waals surface area contributed by atoms with Crippen molar-refractivity contribution in [2.75, 3.05) is 12.8 Å². The van der Waals surface area contributed by atoms with Crippen molar-refractivity contribution in [2.45, 2.75) is 6.92 Å². The van der Waals surface area contributed by atoms with Gasteiger partial charge in [-0.05, 0) is 42.8 Å². The van der Waals surface area contributed by atoms with Gasteiger partial charge in [0.05, 0.1) is 23.8 Å². The lowest BCUT2D eigenvalue weighted by atomic mass is 10.2. The summed E-state index contributed by atoms with van der Waals surface area (Å²) < 4.78 is 8.22. The molecule has 1 aromatic heterocycles. The smallest absolute Gasteiger partial charge is 0.205 e. The van der Waals surface area contributed by atoms with Crippen molar-refractivity contribution in [2.24, 2.45) is 0 Å². The Morgan fingerprint density at radius 3 is 2.70 bits per heavy atom. The third-order valence-electron chi connectivity index (χ3n) is 3.29. The van der Waals surface area contributed by atoms with Gasteiger partial charge in [0.1, 0.15) is 5.75 Å². The van der Waals surface area contributed by atoms with E-state index in [1.807, 2.05) is 34.9 Å². The first-order valence-corrected chi connectivity index (χ1v) is 6.98. The van der Waals surface area contributed by atoms with E-state index >= 15 is 0 Å². The second kappa shape index (κ2) is 4.83. The number of benzene rings is 2. The number of nitrogen functional groups attached to an aromatic ring is 1. The van der Waals surface area contributed by atoms with Gasteiger partial charge in [0.2, 0.25) is 5.95 Å². The molecular weight excluding hydrogens is 318 g/mol. The first-order valence-electron chi connectivity index (χ1n) is 6.18. The zero-order valence-electron chi connectivity index (χ0n) is 11.2. The number of hydrogen-bond donors (Lipinski definition) is 1. The summed E-state index contributed by atoms with van der Waals surface area (Å²) in [5.74, 6) is 1.24. The lowest BCUT2D eigenvalue weighted by molar-refractivity contribution is 0.415. The van der Waals surface area contributed by atoms with Gasteiger partial charge in [-0.1, -0.05) is 15.9 Å². The van der Waals surface area contributed by atoms with Gasteiger partial charge < -0.3 is 10.5 Å². The largest absolute Gasteiger partial charge is 0.497 e. The minimum Gasteiger partial charge on any atom is -0.497 e. The van der Waals surface area contributed by atoms with Crippen LogP contribution in [0.4, 0.5) is 5.95 Å². The maximum absolute atomic E-state index is 6.08. The van der Waals surface area contributed by atoms with Crippen molar-refractivity contribution in [1.29, 1.82) is 0 Å². The van der Waals surface area contributed by atoms with Crippen LogP contribution in [0.1, 0.15) is 5.56 Å². The summed E-state index contributed by atoms with van der Waals surface area (Å²) in [6.07, 6.45) is 0. The highest BCUT2D eigenvalue weighted by molar-refractivity contribution is 9.10. The number of methoxy groups -OCH3 is 1. The van der Waals surface area contributed by atoms with Crippen LogP contribution in [0.5, 0.6) is 5.75 Å². The normalized spacial score (nSPS) is 10.9. The van der Waals surface area contributed by atoms with E-state index in [0.29, 0.717) is 5.95 Å². The van der Waals surface area contributed by atoms with Crippen molar-refractivity contribution >= 4 is 32.9 Å². The Morgan fingerprint density at radius 1 is 1.20 bits per heavy atom. The third-order valence-corrected chi connectivity index (χ3v) is 3.78. The van der Waals surface area contributed by atoms with E-state index in [1.54, 1.807) is 7.11 Å². The molecule has 0 aliphatic carbocycles. The molecule has 0 atom stereocenters. The summed E-state index contributed by atoms with van der Waals surface area (Å²) >= 11 is 3.47. The molecule has 0 saturated carbocycles. The highest BCUT2D eigenvalue weighted by Gasteiger charge is 2.12. The van der Waals surface area contributed by atoms with Crippen LogP contribution >= 0.6 is 15.9 Å². The van der Waals surface area contributed by atoms with Gasteiger partial charge in [0.25, 0.3) is 0 Å². The van der Waals surface area contributed by atoms with Gasteiger partial charge >= 0.3 is 0 Å². The monoisotopic (exact) mass is 331 g/mol. The predicted molar refractivity (Wildman–Crippen MR) is 84.5 cm³/mol. The number of nitrogens with two attached hydrogens (primary N) is 1. The van der Waals surface area contributed by atoms with Crippen LogP contribution < -0.4 is 10.5 Å². The second-order valence-corrected chi connectivity index (χ2v) is 5.51. The molecule has 0 unspecified atom stereocenters. The van der Waals surface area contributed by atoms with Crippen LogP contribution in [0.15, 0.2) is 40.9 Å². The Bertz CT molecular complexity index is 795. The molecule has 20 heavy (non-hydrogen) atoms. The summed E-state index contributed by atoms with van der Waals surface area (Å²) in [5.41, 5.74) is 10.0. The van der Waals surface area contributed by atoms with Crippen molar-refractivity contribution in [3.8, 4) is 11.4 Å². The van der Waals surface area contributed by atoms with Crippen LogP contribution in [-0.2, 0) is 0 Å². The van der Waals surface area contributed by atoms with Crippen LogP contribution in [0.3, 0.4) is 0 Å². The molecule has 2 N–H and O–H groups in total. The van der Waals surface area contributed by atoms with E-state index in [0.717, 1.165) is 32.5 Å². The molecule has 0 aliphatic heterocycles. The Morgan fingerprint density at radius 2 is 2.00 bits per heavy atom. The van der Waals surface area contributed by atoms with Crippen LogP contribution in [0.25, 0.3) is 16.7 Å². The van der Waals surface area contributed by atoms with Crippen molar-refractivity contribution in [3.05, 3.63) is 46.4 Å². The van der Waals surface area contributed by atoms with Gasteiger partial charge in [-0.3, -0.25) is 4.57 Å². The summed E-state index contributed by atoms with van der Waals surface area (Å²) in [7, 11) is 1.64. The Labute approximate surface area is 125 Å².